The minimum atomic E-state index is -1.66. The number of fused-ring (bicyclic) bond motifs is 1. The minimum absolute atomic E-state index is 0.0377. The molecule has 0 aliphatic carbocycles. The molecule has 9 heteroatoms. The van der Waals surface area contributed by atoms with E-state index in [-0.39, 0.29) is 13.2 Å². The lowest BCUT2D eigenvalue weighted by molar-refractivity contribution is -0.218. The van der Waals surface area contributed by atoms with Crippen LogP contribution in [0.15, 0.2) is 24.3 Å². The van der Waals surface area contributed by atoms with E-state index in [4.69, 9.17) is 23.7 Å². The molecular formula is C18H22BrNO7. The molecule has 1 aromatic carbocycles. The van der Waals surface area contributed by atoms with Crippen LogP contribution >= 0.6 is 15.9 Å². The lowest BCUT2D eigenvalue weighted by Crippen LogP contribution is -2.59. The number of alkyl halides is 1. The highest BCUT2D eigenvalue weighted by molar-refractivity contribution is 9.08. The molecule has 3 fully saturated rings. The highest BCUT2D eigenvalue weighted by Crippen LogP contribution is 2.40. The van der Waals surface area contributed by atoms with Crippen LogP contribution in [0.25, 0.3) is 0 Å². The molecule has 0 aromatic heterocycles. The van der Waals surface area contributed by atoms with Gasteiger partial charge < -0.3 is 23.7 Å². The Bertz CT molecular complexity index is 723. The second kappa shape index (κ2) is 7.38. The zero-order chi connectivity index (χ0) is 19.8. The van der Waals surface area contributed by atoms with Crippen LogP contribution in [0, 0.1) is 0 Å². The van der Waals surface area contributed by atoms with Crippen molar-refractivity contribution in [3.8, 4) is 5.75 Å². The lowest BCUT2D eigenvalue weighted by Gasteiger charge is -2.34. The molecule has 3 heterocycles. The van der Waals surface area contributed by atoms with Gasteiger partial charge in [-0.1, -0.05) is 15.9 Å². The molecule has 4 rings (SSSR count). The number of ether oxygens (including phenoxy) is 5. The van der Waals surface area contributed by atoms with Crippen LogP contribution in [0.1, 0.15) is 13.8 Å². The molecule has 3 aliphatic heterocycles. The molecule has 3 aliphatic rings. The quantitative estimate of drug-likeness (QED) is 0.649. The summed E-state index contributed by atoms with van der Waals surface area (Å²) in [5, 5.41) is 0. The van der Waals surface area contributed by atoms with E-state index < -0.39 is 35.7 Å². The Kier molecular flexibility index (Phi) is 5.49. The number of benzene rings is 1. The number of hydrogen-bond donors (Lipinski definition) is 0. The second-order valence-electron chi connectivity index (χ2n) is 6.67. The van der Waals surface area contributed by atoms with Crippen LogP contribution in [-0.2, 0) is 23.7 Å². The number of carbonyl (C=O) groups excluding carboxylic acids is 2. The van der Waals surface area contributed by atoms with Gasteiger partial charge in [0.15, 0.2) is 11.9 Å². The van der Waals surface area contributed by atoms with Gasteiger partial charge in [0.2, 0.25) is 5.78 Å². The van der Waals surface area contributed by atoms with E-state index in [1.165, 1.54) is 4.90 Å². The number of hydrogen-bond acceptors (Lipinski definition) is 7. The van der Waals surface area contributed by atoms with Gasteiger partial charge in [-0.05, 0) is 43.9 Å². The fourth-order valence-corrected chi connectivity index (χ4v) is 3.35. The van der Waals surface area contributed by atoms with E-state index in [9.17, 15) is 9.59 Å². The SMILES string of the molecule is CBr.COc1ccc(N2C[C@]3(OC[C@H]4OC(C)(C)OC4C3=O)OC2=O)cc1. The van der Waals surface area contributed by atoms with Gasteiger partial charge in [0.1, 0.15) is 18.4 Å². The molecule has 148 valence electrons. The number of halogens is 1. The number of amides is 1. The topological polar surface area (TPSA) is 83.5 Å². The van der Waals surface area contributed by atoms with Crippen LogP contribution in [0.3, 0.4) is 0 Å². The van der Waals surface area contributed by atoms with Gasteiger partial charge in [0, 0.05) is 5.69 Å². The van der Waals surface area contributed by atoms with Crippen molar-refractivity contribution in [1.82, 2.24) is 0 Å². The van der Waals surface area contributed by atoms with Gasteiger partial charge in [0.25, 0.3) is 5.79 Å². The largest absolute Gasteiger partial charge is 0.497 e. The summed E-state index contributed by atoms with van der Waals surface area (Å²) in [5.74, 6) is -0.496. The third-order valence-electron chi connectivity index (χ3n) is 4.52. The zero-order valence-electron chi connectivity index (χ0n) is 15.6. The van der Waals surface area contributed by atoms with Crippen molar-refractivity contribution < 1.29 is 33.3 Å². The third-order valence-corrected chi connectivity index (χ3v) is 4.52. The molecule has 1 unspecified atom stereocenters. The van der Waals surface area contributed by atoms with Crippen molar-refractivity contribution >= 4 is 33.5 Å². The third kappa shape index (κ3) is 3.56. The zero-order valence-corrected chi connectivity index (χ0v) is 17.1. The average Bonchev–Trinajstić information content (AvgIpc) is 3.17. The molecule has 0 saturated carbocycles. The summed E-state index contributed by atoms with van der Waals surface area (Å²) < 4.78 is 27.4. The summed E-state index contributed by atoms with van der Waals surface area (Å²) >= 11 is 2.94. The second-order valence-corrected chi connectivity index (χ2v) is 6.67. The summed E-state index contributed by atoms with van der Waals surface area (Å²) in [6, 6.07) is 6.88. The summed E-state index contributed by atoms with van der Waals surface area (Å²) in [6.07, 6.45) is -1.95. The van der Waals surface area contributed by atoms with Crippen LogP contribution in [-0.4, -0.2) is 61.8 Å². The Morgan fingerprint density at radius 3 is 2.44 bits per heavy atom. The van der Waals surface area contributed by atoms with Crippen molar-refractivity contribution in [1.29, 1.82) is 0 Å². The number of rotatable bonds is 2. The van der Waals surface area contributed by atoms with E-state index in [0.717, 1.165) is 0 Å². The first-order chi connectivity index (χ1) is 12.8. The van der Waals surface area contributed by atoms with E-state index in [2.05, 4.69) is 15.9 Å². The number of nitrogens with zero attached hydrogens (tertiary/aromatic N) is 1. The minimum Gasteiger partial charge on any atom is -0.497 e. The number of carbonyl (C=O) groups is 2. The van der Waals surface area contributed by atoms with Gasteiger partial charge in [-0.25, -0.2) is 4.79 Å². The molecule has 1 spiro atoms. The maximum absolute atomic E-state index is 12.9. The summed E-state index contributed by atoms with van der Waals surface area (Å²) in [7, 11) is 1.56. The Labute approximate surface area is 165 Å². The van der Waals surface area contributed by atoms with Crippen LogP contribution in [0.2, 0.25) is 0 Å². The highest BCUT2D eigenvalue weighted by atomic mass is 79.9. The number of anilines is 1. The maximum Gasteiger partial charge on any atom is 0.417 e. The molecule has 0 N–H and O–H groups in total. The van der Waals surface area contributed by atoms with Crippen LogP contribution in [0.4, 0.5) is 10.5 Å². The highest BCUT2D eigenvalue weighted by Gasteiger charge is 2.63. The first kappa shape index (κ1) is 20.1. The molecule has 1 aromatic rings. The summed E-state index contributed by atoms with van der Waals surface area (Å²) in [5.41, 5.74) is 0.588. The van der Waals surface area contributed by atoms with Crippen LogP contribution in [0.5, 0.6) is 5.75 Å². The number of methoxy groups -OCH3 is 1. The Hall–Kier alpha value is -1.68. The van der Waals surface area contributed by atoms with Crippen LogP contribution < -0.4 is 9.64 Å². The van der Waals surface area contributed by atoms with Crippen molar-refractivity contribution in [3.05, 3.63) is 24.3 Å². The summed E-state index contributed by atoms with van der Waals surface area (Å²) in [6.45, 7) is 3.54. The van der Waals surface area contributed by atoms with Gasteiger partial charge in [0.05, 0.1) is 13.7 Å². The Morgan fingerprint density at radius 1 is 1.15 bits per heavy atom. The Balaban J connectivity index is 0.00000102. The van der Waals surface area contributed by atoms with Gasteiger partial charge in [-0.3, -0.25) is 9.69 Å². The Morgan fingerprint density at radius 2 is 1.81 bits per heavy atom. The first-order valence-corrected chi connectivity index (χ1v) is 9.98. The fraction of sp³-hybridized carbons (Fsp3) is 0.556. The fourth-order valence-electron chi connectivity index (χ4n) is 3.35. The molecule has 3 saturated heterocycles. The number of Topliss-reactive ketones (excluding diaryl/α,β-unsaturated/α-hetero) is 1. The summed E-state index contributed by atoms with van der Waals surface area (Å²) in [4.78, 5) is 26.6. The monoisotopic (exact) mass is 443 g/mol. The molecule has 3 atom stereocenters. The van der Waals surface area contributed by atoms with Crippen molar-refractivity contribution in [3.63, 3.8) is 0 Å². The maximum atomic E-state index is 12.9. The van der Waals surface area contributed by atoms with E-state index >= 15 is 0 Å². The van der Waals surface area contributed by atoms with E-state index in [0.29, 0.717) is 11.4 Å². The lowest BCUT2D eigenvalue weighted by atomic mass is 9.99. The first-order valence-electron chi connectivity index (χ1n) is 8.40. The van der Waals surface area contributed by atoms with Gasteiger partial charge in [-0.15, -0.1) is 0 Å². The molecule has 27 heavy (non-hydrogen) atoms. The molecular weight excluding hydrogens is 422 g/mol. The predicted octanol–water partition coefficient (Wildman–Crippen LogP) is 2.48. The standard InChI is InChI=1S/C17H19NO7.CH3Br/c1-16(2)23-12-8-22-17(14(19)13(12)24-16)9-18(15(20)25-17)10-4-6-11(21-3)7-5-10;1-2/h4-7,12-13H,8-9H2,1-3H3;1H3/t12-,13?,17+;/m1./s1. The molecule has 0 bridgehead atoms. The van der Waals surface area contributed by atoms with Gasteiger partial charge >= 0.3 is 6.09 Å². The van der Waals surface area contributed by atoms with Crippen molar-refractivity contribution in [2.24, 2.45) is 0 Å². The molecule has 0 radical (unpaired) electrons. The van der Waals surface area contributed by atoms with Crippen molar-refractivity contribution in [2.75, 3.05) is 31.0 Å². The average molecular weight is 444 g/mol. The normalized spacial score (nSPS) is 31.2. The number of ketones is 1. The van der Waals surface area contributed by atoms with E-state index in [1.807, 2.05) is 5.83 Å². The van der Waals surface area contributed by atoms with E-state index in [1.54, 1.807) is 45.2 Å². The molecule has 8 nitrogen and oxygen atoms in total. The predicted molar refractivity (Wildman–Crippen MR) is 99.2 cm³/mol. The van der Waals surface area contributed by atoms with Gasteiger partial charge in [-0.2, -0.15) is 0 Å². The smallest absolute Gasteiger partial charge is 0.417 e. The van der Waals surface area contributed by atoms with Crippen molar-refractivity contribution in [2.45, 2.75) is 37.6 Å². The molecule has 1 amide bonds.